The van der Waals surface area contributed by atoms with Crippen LogP contribution in [0.4, 0.5) is 21.0 Å². The van der Waals surface area contributed by atoms with E-state index in [4.69, 9.17) is 9.97 Å². The van der Waals surface area contributed by atoms with Gasteiger partial charge in [-0.05, 0) is 37.6 Å². The van der Waals surface area contributed by atoms with Crippen LogP contribution in [0, 0.1) is 17.1 Å². The molecule has 0 bridgehead atoms. The highest BCUT2D eigenvalue weighted by atomic mass is 32.1. The number of thiazole rings is 1. The molecular weight excluding hydrogens is 557 g/mol. The molecule has 2 aliphatic heterocycles. The van der Waals surface area contributed by atoms with E-state index >= 15 is 0 Å². The molecule has 4 aromatic rings. The molecule has 6 rings (SSSR count). The van der Waals surface area contributed by atoms with Crippen LogP contribution in [0.25, 0.3) is 17.0 Å². The summed E-state index contributed by atoms with van der Waals surface area (Å²) in [5, 5.41) is 20.0. The summed E-state index contributed by atoms with van der Waals surface area (Å²) in [6, 6.07) is 8.27. The van der Waals surface area contributed by atoms with E-state index in [0.29, 0.717) is 59.6 Å². The molecule has 2 aliphatic rings. The Bertz CT molecular complexity index is 1630. The summed E-state index contributed by atoms with van der Waals surface area (Å²) in [5.41, 5.74) is 3.05. The Labute approximate surface area is 247 Å². The molecule has 1 N–H and O–H groups in total. The minimum Gasteiger partial charge on any atom is -0.389 e. The van der Waals surface area contributed by atoms with Crippen molar-refractivity contribution < 1.29 is 14.3 Å². The quantitative estimate of drug-likeness (QED) is 0.331. The number of aliphatic hydroxyl groups excluding tert-OH is 1. The number of hydrogen-bond acceptors (Lipinski definition) is 10. The number of halogens is 1. The second-order valence-corrected chi connectivity index (χ2v) is 11.4. The van der Waals surface area contributed by atoms with Crippen molar-refractivity contribution in [2.24, 2.45) is 0 Å². The van der Waals surface area contributed by atoms with Gasteiger partial charge >= 0.3 is 0 Å². The number of nitrogens with zero attached hydrogens (tertiary/aromatic N) is 9. The SMILES string of the molecule is CCc1nc2ncc(N3CCN(CC(=O)N4CC(O)C4)CC3)cn2c1N(CC)c1nc(-c2ccc(F)cc2)c(C#N)s1. The monoisotopic (exact) mass is 589 g/mol. The number of amides is 1. The standard InChI is InChI=1S/C29H32FN9O2S/c1-3-23-27(38(4-2)29-34-26(24(13-31)42-29)19-5-7-20(30)8-6-19)39-15-21(14-32-28(39)33-23)36-11-9-35(10-12-36)18-25(41)37-16-22(40)17-37/h5-8,14-15,22,40H,3-4,9-12,16-18H2,1-2H3. The molecule has 3 aromatic heterocycles. The van der Waals surface area contributed by atoms with E-state index in [9.17, 15) is 19.6 Å². The number of aryl methyl sites for hydroxylation is 1. The van der Waals surface area contributed by atoms with E-state index in [1.807, 2.05) is 24.4 Å². The predicted octanol–water partition coefficient (Wildman–Crippen LogP) is 2.91. The lowest BCUT2D eigenvalue weighted by molar-refractivity contribution is -0.142. The number of likely N-dealkylation sites (tertiary alicyclic amines) is 1. The Hall–Kier alpha value is -4.12. The molecule has 0 radical (unpaired) electrons. The maximum Gasteiger partial charge on any atom is 0.236 e. The fraction of sp³-hybridized carbons (Fsp3) is 0.414. The number of aliphatic hydroxyl groups is 1. The Balaban J connectivity index is 1.26. The molecule has 0 atom stereocenters. The summed E-state index contributed by atoms with van der Waals surface area (Å²) in [7, 11) is 0. The molecule has 13 heteroatoms. The fourth-order valence-corrected chi connectivity index (χ4v) is 6.39. The maximum atomic E-state index is 13.5. The van der Waals surface area contributed by atoms with Gasteiger partial charge in [0.1, 0.15) is 28.3 Å². The van der Waals surface area contributed by atoms with Gasteiger partial charge in [-0.15, -0.1) is 0 Å². The van der Waals surface area contributed by atoms with Crippen molar-refractivity contribution in [3.8, 4) is 17.3 Å². The Morgan fingerprint density at radius 3 is 2.55 bits per heavy atom. The van der Waals surface area contributed by atoms with E-state index in [1.54, 1.807) is 17.0 Å². The lowest BCUT2D eigenvalue weighted by Crippen LogP contribution is -2.57. The van der Waals surface area contributed by atoms with Gasteiger partial charge in [0.25, 0.3) is 0 Å². The third-order valence-electron chi connectivity index (χ3n) is 7.79. The average Bonchev–Trinajstić information content (AvgIpc) is 3.58. The second-order valence-electron chi connectivity index (χ2n) is 10.5. The first-order valence-electron chi connectivity index (χ1n) is 14.1. The molecule has 0 aliphatic carbocycles. The molecule has 11 nitrogen and oxygen atoms in total. The second kappa shape index (κ2) is 11.6. The van der Waals surface area contributed by atoms with Crippen molar-refractivity contribution >= 4 is 39.7 Å². The van der Waals surface area contributed by atoms with Crippen LogP contribution in [-0.4, -0.2) is 98.6 Å². The van der Waals surface area contributed by atoms with Crippen LogP contribution in [0.15, 0.2) is 36.7 Å². The van der Waals surface area contributed by atoms with Crippen molar-refractivity contribution in [2.75, 3.05) is 62.2 Å². The third kappa shape index (κ3) is 5.29. The number of fused-ring (bicyclic) bond motifs is 1. The summed E-state index contributed by atoms with van der Waals surface area (Å²) >= 11 is 1.30. The Kier molecular flexibility index (Phi) is 7.76. The molecule has 1 aromatic carbocycles. The molecule has 0 spiro atoms. The van der Waals surface area contributed by atoms with Crippen LogP contribution in [0.3, 0.4) is 0 Å². The number of aromatic nitrogens is 4. The number of carbonyl (C=O) groups is 1. The molecule has 218 valence electrons. The van der Waals surface area contributed by atoms with Crippen LogP contribution in [0.2, 0.25) is 0 Å². The smallest absolute Gasteiger partial charge is 0.236 e. The van der Waals surface area contributed by atoms with E-state index in [2.05, 4.69) is 31.9 Å². The van der Waals surface area contributed by atoms with Crippen LogP contribution >= 0.6 is 11.3 Å². The number of imidazole rings is 1. The molecule has 2 saturated heterocycles. The zero-order valence-electron chi connectivity index (χ0n) is 23.6. The van der Waals surface area contributed by atoms with Gasteiger partial charge < -0.3 is 19.8 Å². The summed E-state index contributed by atoms with van der Waals surface area (Å²) < 4.78 is 15.5. The number of nitriles is 1. The summed E-state index contributed by atoms with van der Waals surface area (Å²) in [4.78, 5) is 35.4. The van der Waals surface area contributed by atoms with Gasteiger partial charge in [-0.1, -0.05) is 18.3 Å². The molecular formula is C29H32FN9O2S. The maximum absolute atomic E-state index is 13.5. The fourth-order valence-electron chi connectivity index (χ4n) is 5.44. The highest BCUT2D eigenvalue weighted by molar-refractivity contribution is 7.16. The van der Waals surface area contributed by atoms with Crippen molar-refractivity contribution in [1.82, 2.24) is 29.2 Å². The number of anilines is 3. The molecule has 0 saturated carbocycles. The van der Waals surface area contributed by atoms with Crippen molar-refractivity contribution in [3.63, 3.8) is 0 Å². The first-order chi connectivity index (χ1) is 20.4. The number of rotatable bonds is 8. The van der Waals surface area contributed by atoms with E-state index in [-0.39, 0.29) is 17.8 Å². The zero-order chi connectivity index (χ0) is 29.4. The van der Waals surface area contributed by atoms with Crippen molar-refractivity contribution in [1.29, 1.82) is 5.26 Å². The molecule has 0 unspecified atom stereocenters. The number of benzene rings is 1. The van der Waals surface area contributed by atoms with E-state index in [1.165, 1.54) is 23.5 Å². The third-order valence-corrected chi connectivity index (χ3v) is 8.78. The van der Waals surface area contributed by atoms with Crippen LogP contribution in [-0.2, 0) is 11.2 Å². The Morgan fingerprint density at radius 1 is 1.17 bits per heavy atom. The number of hydrogen-bond donors (Lipinski definition) is 1. The summed E-state index contributed by atoms with van der Waals surface area (Å²) in [6.45, 7) is 8.91. The minimum absolute atomic E-state index is 0.0657. The summed E-state index contributed by atoms with van der Waals surface area (Å²) in [5.74, 6) is 1.16. The lowest BCUT2D eigenvalue weighted by atomic mass is 10.1. The minimum atomic E-state index is -0.390. The molecule has 5 heterocycles. The topological polar surface area (TPSA) is 117 Å². The normalized spacial score (nSPS) is 16.1. The van der Waals surface area contributed by atoms with Crippen LogP contribution < -0.4 is 9.80 Å². The lowest BCUT2D eigenvalue weighted by Gasteiger charge is -2.39. The first kappa shape index (κ1) is 28.0. The highest BCUT2D eigenvalue weighted by Gasteiger charge is 2.31. The van der Waals surface area contributed by atoms with Crippen LogP contribution in [0.1, 0.15) is 24.4 Å². The van der Waals surface area contributed by atoms with Gasteiger partial charge in [-0.2, -0.15) is 5.26 Å². The van der Waals surface area contributed by atoms with Crippen LogP contribution in [0.5, 0.6) is 0 Å². The highest BCUT2D eigenvalue weighted by Crippen LogP contribution is 2.37. The number of piperazine rings is 1. The number of β-amino-alcohol motifs (C(OH)–C–C–N with tert-alkyl or cyclic N) is 1. The first-order valence-corrected chi connectivity index (χ1v) is 14.9. The predicted molar refractivity (Wildman–Crippen MR) is 159 cm³/mol. The molecule has 1 amide bonds. The van der Waals surface area contributed by atoms with Crippen molar-refractivity contribution in [3.05, 3.63) is 53.0 Å². The van der Waals surface area contributed by atoms with E-state index < -0.39 is 0 Å². The van der Waals surface area contributed by atoms with Gasteiger partial charge in [-0.25, -0.2) is 19.3 Å². The summed E-state index contributed by atoms with van der Waals surface area (Å²) in [6.07, 6.45) is 4.19. The number of carbonyl (C=O) groups excluding carboxylic acids is 1. The molecule has 2 fully saturated rings. The van der Waals surface area contributed by atoms with Gasteiger partial charge in [0, 0.05) is 57.6 Å². The van der Waals surface area contributed by atoms with Crippen molar-refractivity contribution in [2.45, 2.75) is 26.4 Å². The average molecular weight is 590 g/mol. The largest absolute Gasteiger partial charge is 0.389 e. The van der Waals surface area contributed by atoms with Gasteiger partial charge in [0.05, 0.1) is 30.2 Å². The van der Waals surface area contributed by atoms with E-state index in [0.717, 1.165) is 43.4 Å². The van der Waals surface area contributed by atoms with Gasteiger partial charge in [0.15, 0.2) is 5.13 Å². The zero-order valence-corrected chi connectivity index (χ0v) is 24.4. The van der Waals surface area contributed by atoms with Gasteiger partial charge in [-0.3, -0.25) is 14.1 Å². The molecule has 42 heavy (non-hydrogen) atoms. The Morgan fingerprint density at radius 2 is 1.90 bits per heavy atom. The van der Waals surface area contributed by atoms with Gasteiger partial charge in [0.2, 0.25) is 11.7 Å².